The first kappa shape index (κ1) is 20.4. The van der Waals surface area contributed by atoms with Crippen LogP contribution in [0.3, 0.4) is 0 Å². The molecule has 1 amide bonds. The molecule has 1 atom stereocenters. The molecule has 8 heteroatoms. The number of nitro groups is 1. The zero-order valence-electron chi connectivity index (χ0n) is 15.1. The number of nitrogens with one attached hydrogen (secondary N) is 1. The Bertz CT molecular complexity index is 619. The first-order valence-electron chi connectivity index (χ1n) is 7.91. The summed E-state index contributed by atoms with van der Waals surface area (Å²) in [7, 11) is 0. The predicted molar refractivity (Wildman–Crippen MR) is 91.2 cm³/mol. The molecule has 1 N–H and O–H groups in total. The average Bonchev–Trinajstić information content (AvgIpc) is 2.44. The van der Waals surface area contributed by atoms with E-state index < -0.39 is 28.6 Å². The van der Waals surface area contributed by atoms with Crippen molar-refractivity contribution in [2.45, 2.75) is 58.8 Å². The summed E-state index contributed by atoms with van der Waals surface area (Å²) in [6, 6.07) is 4.79. The number of benzene rings is 1. The van der Waals surface area contributed by atoms with Crippen LogP contribution < -0.4 is 5.32 Å². The van der Waals surface area contributed by atoms with Crippen LogP contribution in [0.2, 0.25) is 0 Å². The number of carbonyl (C=O) groups is 2. The summed E-state index contributed by atoms with van der Waals surface area (Å²) in [4.78, 5) is 34.4. The van der Waals surface area contributed by atoms with Crippen LogP contribution in [0.1, 0.15) is 40.2 Å². The first-order chi connectivity index (χ1) is 11.5. The van der Waals surface area contributed by atoms with Crippen molar-refractivity contribution in [1.82, 2.24) is 5.32 Å². The van der Waals surface area contributed by atoms with E-state index in [1.165, 1.54) is 24.3 Å². The summed E-state index contributed by atoms with van der Waals surface area (Å²) in [5, 5.41) is 13.2. The van der Waals surface area contributed by atoms with Crippen LogP contribution in [0.5, 0.6) is 0 Å². The van der Waals surface area contributed by atoms with E-state index in [0.29, 0.717) is 5.56 Å². The summed E-state index contributed by atoms with van der Waals surface area (Å²) in [5.74, 6) is -0.598. The molecule has 0 saturated carbocycles. The van der Waals surface area contributed by atoms with E-state index in [4.69, 9.17) is 9.47 Å². The lowest BCUT2D eigenvalue weighted by Gasteiger charge is -2.23. The van der Waals surface area contributed by atoms with Gasteiger partial charge in [-0.1, -0.05) is 12.1 Å². The molecular formula is C17H24N2O6. The van der Waals surface area contributed by atoms with Gasteiger partial charge in [0.2, 0.25) is 0 Å². The van der Waals surface area contributed by atoms with Gasteiger partial charge in [0, 0.05) is 18.6 Å². The minimum Gasteiger partial charge on any atom is -0.461 e. The summed E-state index contributed by atoms with van der Waals surface area (Å²) in [6.07, 6.45) is -0.949. The molecule has 0 aliphatic heterocycles. The smallest absolute Gasteiger partial charge is 0.408 e. The SMILES string of the molecule is CC(C)OC(=O)[C@H](Cc1ccc([N+](=O)[O-])cc1)NC(=O)OC(C)(C)C. The number of non-ortho nitro benzene ring substituents is 1. The molecule has 0 bridgehead atoms. The number of rotatable bonds is 6. The van der Waals surface area contributed by atoms with Gasteiger partial charge in [-0.2, -0.15) is 0 Å². The highest BCUT2D eigenvalue weighted by Crippen LogP contribution is 2.14. The molecular weight excluding hydrogens is 328 g/mol. The molecule has 0 fully saturated rings. The lowest BCUT2D eigenvalue weighted by atomic mass is 10.1. The Hall–Kier alpha value is -2.64. The van der Waals surface area contributed by atoms with Gasteiger partial charge in [-0.05, 0) is 40.2 Å². The maximum atomic E-state index is 12.2. The number of ether oxygens (including phenoxy) is 2. The largest absolute Gasteiger partial charge is 0.461 e. The van der Waals surface area contributed by atoms with Gasteiger partial charge >= 0.3 is 12.1 Å². The Morgan fingerprint density at radius 1 is 1.20 bits per heavy atom. The number of alkyl carbamates (subject to hydrolysis) is 1. The molecule has 138 valence electrons. The van der Waals surface area contributed by atoms with Gasteiger partial charge in [-0.25, -0.2) is 9.59 Å². The van der Waals surface area contributed by atoms with Crippen LogP contribution in [0.25, 0.3) is 0 Å². The van der Waals surface area contributed by atoms with E-state index in [2.05, 4.69) is 5.32 Å². The lowest BCUT2D eigenvalue weighted by Crippen LogP contribution is -2.46. The fourth-order valence-corrected chi connectivity index (χ4v) is 1.95. The molecule has 0 aliphatic carbocycles. The molecule has 0 unspecified atom stereocenters. The fraction of sp³-hybridized carbons (Fsp3) is 0.529. The number of hydrogen-bond acceptors (Lipinski definition) is 6. The van der Waals surface area contributed by atoms with Crippen LogP contribution >= 0.6 is 0 Å². The highest BCUT2D eigenvalue weighted by molar-refractivity contribution is 5.81. The molecule has 0 heterocycles. The second-order valence-corrected chi connectivity index (χ2v) is 6.81. The van der Waals surface area contributed by atoms with E-state index in [1.807, 2.05) is 0 Å². The highest BCUT2D eigenvalue weighted by Gasteiger charge is 2.26. The van der Waals surface area contributed by atoms with Crippen LogP contribution in [0.15, 0.2) is 24.3 Å². The molecule has 0 aliphatic rings. The van der Waals surface area contributed by atoms with Gasteiger partial charge < -0.3 is 14.8 Å². The Balaban J connectivity index is 2.88. The zero-order chi connectivity index (χ0) is 19.2. The monoisotopic (exact) mass is 352 g/mol. The van der Waals surface area contributed by atoms with Gasteiger partial charge in [-0.15, -0.1) is 0 Å². The van der Waals surface area contributed by atoms with E-state index in [-0.39, 0.29) is 18.2 Å². The molecule has 1 rings (SSSR count). The molecule has 0 radical (unpaired) electrons. The summed E-state index contributed by atoms with van der Waals surface area (Å²) < 4.78 is 10.3. The average molecular weight is 352 g/mol. The summed E-state index contributed by atoms with van der Waals surface area (Å²) in [5.41, 5.74) is -0.109. The van der Waals surface area contributed by atoms with Crippen LogP contribution in [-0.2, 0) is 20.7 Å². The van der Waals surface area contributed by atoms with E-state index in [0.717, 1.165) is 0 Å². The molecule has 0 saturated heterocycles. The van der Waals surface area contributed by atoms with Crippen molar-refractivity contribution in [2.24, 2.45) is 0 Å². The van der Waals surface area contributed by atoms with Crippen molar-refractivity contribution in [3.05, 3.63) is 39.9 Å². The third-order valence-corrected chi connectivity index (χ3v) is 2.91. The quantitative estimate of drug-likeness (QED) is 0.479. The van der Waals surface area contributed by atoms with Gasteiger partial charge in [0.25, 0.3) is 5.69 Å². The number of hydrogen-bond donors (Lipinski definition) is 1. The third kappa shape index (κ3) is 7.65. The summed E-state index contributed by atoms with van der Waals surface area (Å²) >= 11 is 0. The van der Waals surface area contributed by atoms with Crippen molar-refractivity contribution in [3.63, 3.8) is 0 Å². The van der Waals surface area contributed by atoms with Gasteiger partial charge in [-0.3, -0.25) is 10.1 Å². The van der Waals surface area contributed by atoms with E-state index >= 15 is 0 Å². The molecule has 0 spiro atoms. The predicted octanol–water partition coefficient (Wildman–Crippen LogP) is 2.98. The lowest BCUT2D eigenvalue weighted by molar-refractivity contribution is -0.384. The van der Waals surface area contributed by atoms with E-state index in [1.54, 1.807) is 34.6 Å². The van der Waals surface area contributed by atoms with Crippen molar-refractivity contribution in [2.75, 3.05) is 0 Å². The minimum atomic E-state index is -0.960. The first-order valence-corrected chi connectivity index (χ1v) is 7.91. The van der Waals surface area contributed by atoms with Crippen LogP contribution in [-0.4, -0.2) is 34.7 Å². The Morgan fingerprint density at radius 3 is 2.20 bits per heavy atom. The van der Waals surface area contributed by atoms with Crippen LogP contribution in [0, 0.1) is 10.1 Å². The molecule has 8 nitrogen and oxygen atoms in total. The summed E-state index contributed by atoms with van der Waals surface area (Å²) in [6.45, 7) is 8.54. The van der Waals surface area contributed by atoms with Crippen molar-refractivity contribution < 1.29 is 24.0 Å². The number of carbonyl (C=O) groups excluding carboxylic acids is 2. The molecule has 0 aromatic heterocycles. The number of amides is 1. The van der Waals surface area contributed by atoms with E-state index in [9.17, 15) is 19.7 Å². The number of esters is 1. The topological polar surface area (TPSA) is 108 Å². The number of nitro benzene ring substituents is 1. The number of nitrogens with zero attached hydrogens (tertiary/aromatic N) is 1. The Labute approximate surface area is 146 Å². The second-order valence-electron chi connectivity index (χ2n) is 6.81. The maximum absolute atomic E-state index is 12.2. The highest BCUT2D eigenvalue weighted by atomic mass is 16.6. The Kier molecular flexibility index (Phi) is 6.90. The van der Waals surface area contributed by atoms with Gasteiger partial charge in [0.05, 0.1) is 11.0 Å². The van der Waals surface area contributed by atoms with Crippen molar-refractivity contribution >= 4 is 17.7 Å². The van der Waals surface area contributed by atoms with Gasteiger partial charge in [0.15, 0.2) is 0 Å². The fourth-order valence-electron chi connectivity index (χ4n) is 1.95. The standard InChI is InChI=1S/C17H24N2O6/c1-11(2)24-15(20)14(18-16(21)25-17(3,4)5)10-12-6-8-13(9-7-12)19(22)23/h6-9,11,14H,10H2,1-5H3,(H,18,21)/t14-/m0/s1. The molecule has 1 aromatic carbocycles. The Morgan fingerprint density at radius 2 is 1.76 bits per heavy atom. The molecule has 1 aromatic rings. The zero-order valence-corrected chi connectivity index (χ0v) is 15.1. The normalized spacial score (nSPS) is 12.4. The molecule has 25 heavy (non-hydrogen) atoms. The second kappa shape index (κ2) is 8.46. The van der Waals surface area contributed by atoms with Crippen LogP contribution in [0.4, 0.5) is 10.5 Å². The maximum Gasteiger partial charge on any atom is 0.408 e. The third-order valence-electron chi connectivity index (χ3n) is 2.91. The van der Waals surface area contributed by atoms with Crippen molar-refractivity contribution in [3.8, 4) is 0 Å². The van der Waals surface area contributed by atoms with Gasteiger partial charge in [0.1, 0.15) is 11.6 Å². The minimum absolute atomic E-state index is 0.0508. The van der Waals surface area contributed by atoms with Crippen molar-refractivity contribution in [1.29, 1.82) is 0 Å².